The smallest absolute Gasteiger partial charge is 0.0194 e. The molecule has 0 bridgehead atoms. The molecule has 1 fully saturated rings. The van der Waals surface area contributed by atoms with Crippen molar-refractivity contribution in [2.45, 2.75) is 13.8 Å². The first-order valence-corrected chi connectivity index (χ1v) is 6.95. The summed E-state index contributed by atoms with van der Waals surface area (Å²) in [5.74, 6) is 0. The number of rotatable bonds is 4. The van der Waals surface area contributed by atoms with E-state index >= 15 is 0 Å². The van der Waals surface area contributed by atoms with Crippen LogP contribution in [0.1, 0.15) is 19.4 Å². The summed E-state index contributed by atoms with van der Waals surface area (Å²) < 4.78 is 0. The van der Waals surface area contributed by atoms with Crippen molar-refractivity contribution in [1.29, 1.82) is 0 Å². The van der Waals surface area contributed by atoms with Crippen LogP contribution in [0.2, 0.25) is 0 Å². The minimum Gasteiger partial charge on any atom is -0.301 e. The molecule has 0 radical (unpaired) electrons. The second-order valence-electron chi connectivity index (χ2n) is 5.11. The SMILES string of the molecule is CCN1CCN(CC(C)=Cc2ccccc2)CC1. The van der Waals surface area contributed by atoms with E-state index in [1.807, 2.05) is 0 Å². The van der Waals surface area contributed by atoms with Gasteiger partial charge in [-0.15, -0.1) is 0 Å². The molecule has 0 spiro atoms. The van der Waals surface area contributed by atoms with Gasteiger partial charge in [-0.3, -0.25) is 4.90 Å². The van der Waals surface area contributed by atoms with Gasteiger partial charge in [-0.05, 0) is 19.0 Å². The Morgan fingerprint density at radius 2 is 1.67 bits per heavy atom. The molecule has 1 aliphatic rings. The van der Waals surface area contributed by atoms with Crippen LogP contribution in [-0.2, 0) is 0 Å². The summed E-state index contributed by atoms with van der Waals surface area (Å²) in [6, 6.07) is 10.6. The standard InChI is InChI=1S/C16H24N2/c1-3-17-9-11-18(12-10-17)14-15(2)13-16-7-5-4-6-8-16/h4-8,13H,3,9-12,14H2,1-2H3. The highest BCUT2D eigenvalue weighted by Gasteiger charge is 2.14. The van der Waals surface area contributed by atoms with Gasteiger partial charge in [0.05, 0.1) is 0 Å². The number of piperazine rings is 1. The third-order valence-corrected chi connectivity index (χ3v) is 3.60. The first kappa shape index (κ1) is 13.3. The largest absolute Gasteiger partial charge is 0.301 e. The molecule has 2 rings (SSSR count). The molecule has 2 nitrogen and oxygen atoms in total. The lowest BCUT2D eigenvalue weighted by atomic mass is 10.1. The van der Waals surface area contributed by atoms with Crippen molar-refractivity contribution >= 4 is 6.08 Å². The fraction of sp³-hybridized carbons (Fsp3) is 0.500. The van der Waals surface area contributed by atoms with Crippen molar-refractivity contribution in [2.75, 3.05) is 39.3 Å². The highest BCUT2D eigenvalue weighted by Crippen LogP contribution is 2.09. The lowest BCUT2D eigenvalue weighted by Gasteiger charge is -2.34. The lowest BCUT2D eigenvalue weighted by molar-refractivity contribution is 0.146. The Morgan fingerprint density at radius 3 is 2.28 bits per heavy atom. The summed E-state index contributed by atoms with van der Waals surface area (Å²) in [5.41, 5.74) is 2.76. The van der Waals surface area contributed by atoms with Gasteiger partial charge in [-0.25, -0.2) is 0 Å². The van der Waals surface area contributed by atoms with Crippen LogP contribution in [0.15, 0.2) is 35.9 Å². The first-order chi connectivity index (χ1) is 8.78. The average molecular weight is 244 g/mol. The molecule has 0 unspecified atom stereocenters. The maximum atomic E-state index is 2.56. The Kier molecular flexibility index (Phi) is 4.97. The number of hydrogen-bond donors (Lipinski definition) is 0. The molecule has 0 aromatic heterocycles. The molecule has 0 aliphatic carbocycles. The van der Waals surface area contributed by atoms with Gasteiger partial charge in [-0.1, -0.05) is 48.9 Å². The Balaban J connectivity index is 1.85. The van der Waals surface area contributed by atoms with E-state index in [2.05, 4.69) is 60.1 Å². The summed E-state index contributed by atoms with van der Waals surface area (Å²) in [6.45, 7) is 11.6. The van der Waals surface area contributed by atoms with Gasteiger partial charge >= 0.3 is 0 Å². The predicted molar refractivity (Wildman–Crippen MR) is 78.6 cm³/mol. The van der Waals surface area contributed by atoms with Crippen molar-refractivity contribution < 1.29 is 0 Å². The zero-order valence-electron chi connectivity index (χ0n) is 11.6. The summed E-state index contributed by atoms with van der Waals surface area (Å²) in [5, 5.41) is 0. The summed E-state index contributed by atoms with van der Waals surface area (Å²) in [6.07, 6.45) is 2.30. The molecule has 1 aromatic carbocycles. The lowest BCUT2D eigenvalue weighted by Crippen LogP contribution is -2.46. The van der Waals surface area contributed by atoms with Crippen molar-refractivity contribution in [3.05, 3.63) is 41.5 Å². The highest BCUT2D eigenvalue weighted by molar-refractivity contribution is 5.52. The zero-order chi connectivity index (χ0) is 12.8. The zero-order valence-corrected chi connectivity index (χ0v) is 11.6. The average Bonchev–Trinajstić information content (AvgIpc) is 2.40. The normalized spacial score (nSPS) is 19.1. The summed E-state index contributed by atoms with van der Waals surface area (Å²) in [4.78, 5) is 5.08. The minimum absolute atomic E-state index is 1.10. The Morgan fingerprint density at radius 1 is 1.06 bits per heavy atom. The Labute approximate surface area is 111 Å². The molecule has 0 saturated carbocycles. The molecule has 1 aliphatic heterocycles. The highest BCUT2D eigenvalue weighted by atomic mass is 15.3. The number of likely N-dealkylation sites (N-methyl/N-ethyl adjacent to an activating group) is 1. The fourth-order valence-electron chi connectivity index (χ4n) is 2.50. The van der Waals surface area contributed by atoms with Gasteiger partial charge in [0, 0.05) is 32.7 Å². The van der Waals surface area contributed by atoms with E-state index in [0.717, 1.165) is 6.54 Å². The number of nitrogens with zero attached hydrogens (tertiary/aromatic N) is 2. The van der Waals surface area contributed by atoms with Gasteiger partial charge in [0.1, 0.15) is 0 Å². The first-order valence-electron chi connectivity index (χ1n) is 6.95. The molecular weight excluding hydrogens is 220 g/mol. The van der Waals surface area contributed by atoms with Crippen LogP contribution in [0.5, 0.6) is 0 Å². The molecule has 1 heterocycles. The minimum atomic E-state index is 1.10. The van der Waals surface area contributed by atoms with Crippen LogP contribution in [0, 0.1) is 0 Å². The van der Waals surface area contributed by atoms with Crippen molar-refractivity contribution in [1.82, 2.24) is 9.80 Å². The molecule has 1 aromatic rings. The maximum Gasteiger partial charge on any atom is 0.0194 e. The monoisotopic (exact) mass is 244 g/mol. The van der Waals surface area contributed by atoms with E-state index < -0.39 is 0 Å². The van der Waals surface area contributed by atoms with Gasteiger partial charge < -0.3 is 4.90 Å². The van der Waals surface area contributed by atoms with Crippen LogP contribution in [0.4, 0.5) is 0 Å². The maximum absolute atomic E-state index is 2.56. The van der Waals surface area contributed by atoms with Gasteiger partial charge in [0.15, 0.2) is 0 Å². The molecule has 0 atom stereocenters. The van der Waals surface area contributed by atoms with E-state index in [0.29, 0.717) is 0 Å². The van der Waals surface area contributed by atoms with E-state index in [9.17, 15) is 0 Å². The van der Waals surface area contributed by atoms with Crippen LogP contribution in [0.25, 0.3) is 6.08 Å². The molecule has 0 N–H and O–H groups in total. The predicted octanol–water partition coefficient (Wildman–Crippen LogP) is 2.73. The third kappa shape index (κ3) is 3.97. The molecular formula is C16H24N2. The van der Waals surface area contributed by atoms with Crippen molar-refractivity contribution in [3.8, 4) is 0 Å². The van der Waals surface area contributed by atoms with E-state index in [1.165, 1.54) is 43.9 Å². The van der Waals surface area contributed by atoms with Crippen LogP contribution in [-0.4, -0.2) is 49.1 Å². The molecule has 0 amide bonds. The molecule has 1 saturated heterocycles. The van der Waals surface area contributed by atoms with Gasteiger partial charge in [0.25, 0.3) is 0 Å². The third-order valence-electron chi connectivity index (χ3n) is 3.60. The molecule has 98 valence electrons. The fourth-order valence-corrected chi connectivity index (χ4v) is 2.50. The van der Waals surface area contributed by atoms with E-state index in [-0.39, 0.29) is 0 Å². The van der Waals surface area contributed by atoms with Gasteiger partial charge in [-0.2, -0.15) is 0 Å². The van der Waals surface area contributed by atoms with Gasteiger partial charge in [0.2, 0.25) is 0 Å². The summed E-state index contributed by atoms with van der Waals surface area (Å²) >= 11 is 0. The van der Waals surface area contributed by atoms with Crippen molar-refractivity contribution in [2.24, 2.45) is 0 Å². The summed E-state index contributed by atoms with van der Waals surface area (Å²) in [7, 11) is 0. The molecule has 2 heteroatoms. The topological polar surface area (TPSA) is 6.48 Å². The van der Waals surface area contributed by atoms with Crippen LogP contribution < -0.4 is 0 Å². The van der Waals surface area contributed by atoms with Crippen molar-refractivity contribution in [3.63, 3.8) is 0 Å². The second kappa shape index (κ2) is 6.72. The van der Waals surface area contributed by atoms with E-state index in [4.69, 9.17) is 0 Å². The quantitative estimate of drug-likeness (QED) is 0.803. The number of hydrogen-bond acceptors (Lipinski definition) is 2. The molecule has 18 heavy (non-hydrogen) atoms. The van der Waals surface area contributed by atoms with Crippen LogP contribution >= 0.6 is 0 Å². The van der Waals surface area contributed by atoms with Crippen LogP contribution in [0.3, 0.4) is 0 Å². The Bertz CT molecular complexity index is 375. The Hall–Kier alpha value is -1.12. The second-order valence-corrected chi connectivity index (χ2v) is 5.11. The van der Waals surface area contributed by atoms with E-state index in [1.54, 1.807) is 0 Å². The number of benzene rings is 1.